The molecule has 0 unspecified atom stereocenters. The molecule has 0 aromatic heterocycles. The second-order valence-electron chi connectivity index (χ2n) is 4.04. The summed E-state index contributed by atoms with van der Waals surface area (Å²) >= 11 is 9.11. The molecular formula is C14H10BrClFNO. The monoisotopic (exact) mass is 341 g/mol. The number of nitrogen functional groups attached to an aromatic ring is 1. The van der Waals surface area contributed by atoms with Gasteiger partial charge < -0.3 is 5.73 Å². The Morgan fingerprint density at radius 1 is 1.32 bits per heavy atom. The third kappa shape index (κ3) is 3.14. The molecule has 5 heteroatoms. The number of nitrogens with two attached hydrogens (primary N) is 1. The zero-order valence-corrected chi connectivity index (χ0v) is 12.1. The van der Waals surface area contributed by atoms with Gasteiger partial charge in [0.05, 0.1) is 5.02 Å². The molecule has 0 aliphatic heterocycles. The Morgan fingerprint density at radius 3 is 2.79 bits per heavy atom. The van der Waals surface area contributed by atoms with E-state index in [4.69, 9.17) is 17.3 Å². The molecule has 0 radical (unpaired) electrons. The van der Waals surface area contributed by atoms with E-state index in [2.05, 4.69) is 15.9 Å². The second kappa shape index (κ2) is 5.72. The molecule has 0 saturated heterocycles. The summed E-state index contributed by atoms with van der Waals surface area (Å²) < 4.78 is 14.1. The highest BCUT2D eigenvalue weighted by Crippen LogP contribution is 2.24. The van der Waals surface area contributed by atoms with Gasteiger partial charge in [-0.2, -0.15) is 0 Å². The number of Topliss-reactive ketones (excluding diaryl/α,β-unsaturated/α-hetero) is 1. The van der Waals surface area contributed by atoms with Crippen molar-refractivity contribution in [3.8, 4) is 0 Å². The van der Waals surface area contributed by atoms with E-state index in [-0.39, 0.29) is 17.2 Å². The molecule has 0 heterocycles. The van der Waals surface area contributed by atoms with Crippen LogP contribution in [-0.4, -0.2) is 5.78 Å². The fourth-order valence-electron chi connectivity index (χ4n) is 1.72. The number of anilines is 1. The van der Waals surface area contributed by atoms with Gasteiger partial charge in [0.25, 0.3) is 0 Å². The molecule has 2 nitrogen and oxygen atoms in total. The van der Waals surface area contributed by atoms with Crippen molar-refractivity contribution >= 4 is 39.0 Å². The lowest BCUT2D eigenvalue weighted by Gasteiger charge is -2.07. The molecule has 0 atom stereocenters. The lowest BCUT2D eigenvalue weighted by atomic mass is 10.0. The van der Waals surface area contributed by atoms with Crippen LogP contribution in [0, 0.1) is 5.82 Å². The molecule has 2 aromatic carbocycles. The van der Waals surface area contributed by atoms with Crippen molar-refractivity contribution in [1.29, 1.82) is 0 Å². The van der Waals surface area contributed by atoms with Crippen molar-refractivity contribution in [1.82, 2.24) is 0 Å². The van der Waals surface area contributed by atoms with E-state index in [9.17, 15) is 9.18 Å². The van der Waals surface area contributed by atoms with Crippen LogP contribution in [0.3, 0.4) is 0 Å². The van der Waals surface area contributed by atoms with Crippen LogP contribution >= 0.6 is 27.5 Å². The fraction of sp³-hybridized carbons (Fsp3) is 0.0714. The highest BCUT2D eigenvalue weighted by Gasteiger charge is 2.14. The molecule has 2 aromatic rings. The number of benzene rings is 2. The minimum atomic E-state index is -0.533. The lowest BCUT2D eigenvalue weighted by molar-refractivity contribution is 0.0993. The number of carbonyl (C=O) groups excluding carboxylic acids is 1. The van der Waals surface area contributed by atoms with Gasteiger partial charge in [-0.3, -0.25) is 4.79 Å². The first kappa shape index (κ1) is 14.0. The molecule has 2 rings (SSSR count). The molecule has 0 fully saturated rings. The van der Waals surface area contributed by atoms with Gasteiger partial charge in [0.15, 0.2) is 5.78 Å². The summed E-state index contributed by atoms with van der Waals surface area (Å²) in [7, 11) is 0. The van der Waals surface area contributed by atoms with Crippen molar-refractivity contribution in [2.45, 2.75) is 6.42 Å². The Hall–Kier alpha value is -1.39. The first-order valence-electron chi connectivity index (χ1n) is 5.50. The van der Waals surface area contributed by atoms with E-state index < -0.39 is 5.82 Å². The highest BCUT2D eigenvalue weighted by molar-refractivity contribution is 9.10. The first-order chi connectivity index (χ1) is 8.99. The van der Waals surface area contributed by atoms with Crippen LogP contribution in [-0.2, 0) is 6.42 Å². The maximum absolute atomic E-state index is 13.3. The van der Waals surface area contributed by atoms with Gasteiger partial charge in [0.2, 0.25) is 0 Å². The van der Waals surface area contributed by atoms with Crippen LogP contribution in [0.5, 0.6) is 0 Å². The van der Waals surface area contributed by atoms with E-state index in [1.54, 1.807) is 24.3 Å². The van der Waals surface area contributed by atoms with E-state index >= 15 is 0 Å². The molecule has 2 N–H and O–H groups in total. The van der Waals surface area contributed by atoms with Crippen LogP contribution in [0.1, 0.15) is 15.9 Å². The van der Waals surface area contributed by atoms with Crippen molar-refractivity contribution in [2.75, 3.05) is 5.73 Å². The third-order valence-electron chi connectivity index (χ3n) is 2.70. The van der Waals surface area contributed by atoms with Crippen LogP contribution in [0.25, 0.3) is 0 Å². The fourth-order valence-corrected chi connectivity index (χ4v) is 2.28. The Bertz CT molecular complexity index is 645. The third-order valence-corrected chi connectivity index (χ3v) is 3.61. The maximum Gasteiger partial charge on any atom is 0.169 e. The first-order valence-corrected chi connectivity index (χ1v) is 6.67. The molecule has 0 spiro atoms. The summed E-state index contributed by atoms with van der Waals surface area (Å²) in [6.07, 6.45) is 0.0112. The predicted octanol–water partition coefficient (Wildman–Crippen LogP) is 4.25. The molecule has 98 valence electrons. The van der Waals surface area contributed by atoms with Crippen LogP contribution in [0.15, 0.2) is 40.9 Å². The summed E-state index contributed by atoms with van der Waals surface area (Å²) in [5.41, 5.74) is 7.00. The van der Waals surface area contributed by atoms with E-state index in [0.29, 0.717) is 16.8 Å². The standard InChI is InChI=1S/C14H10BrClFNO/c15-9-4-5-12(18)10(7-9)13(19)6-8-2-1-3-11(17)14(8)16/h1-5,7H,6,18H2. The van der Waals surface area contributed by atoms with Crippen molar-refractivity contribution in [3.63, 3.8) is 0 Å². The summed E-state index contributed by atoms with van der Waals surface area (Å²) in [6, 6.07) is 9.44. The SMILES string of the molecule is Nc1ccc(Br)cc1C(=O)Cc1cccc(F)c1Cl. The number of halogens is 3. The largest absolute Gasteiger partial charge is 0.398 e. The van der Waals surface area contributed by atoms with Crippen LogP contribution in [0.4, 0.5) is 10.1 Å². The molecule has 0 aliphatic rings. The van der Waals surface area contributed by atoms with Crippen LogP contribution in [0.2, 0.25) is 5.02 Å². The Labute approximate surface area is 123 Å². The van der Waals surface area contributed by atoms with Crippen molar-refractivity contribution in [3.05, 3.63) is 62.8 Å². The van der Waals surface area contributed by atoms with E-state index in [1.807, 2.05) is 0 Å². The number of rotatable bonds is 3. The quantitative estimate of drug-likeness (QED) is 0.669. The van der Waals surface area contributed by atoms with Gasteiger partial charge in [-0.05, 0) is 29.8 Å². The van der Waals surface area contributed by atoms with Gasteiger partial charge in [0, 0.05) is 22.1 Å². The lowest BCUT2D eigenvalue weighted by Crippen LogP contribution is -2.07. The average Bonchev–Trinajstić information content (AvgIpc) is 2.38. The van der Waals surface area contributed by atoms with Gasteiger partial charge in [-0.1, -0.05) is 39.7 Å². The maximum atomic E-state index is 13.3. The van der Waals surface area contributed by atoms with Gasteiger partial charge in [-0.25, -0.2) is 4.39 Å². The highest BCUT2D eigenvalue weighted by atomic mass is 79.9. The molecule has 0 amide bonds. The number of carbonyl (C=O) groups is 1. The van der Waals surface area contributed by atoms with Crippen LogP contribution < -0.4 is 5.73 Å². The second-order valence-corrected chi connectivity index (χ2v) is 5.34. The minimum absolute atomic E-state index is 0.0112. The van der Waals surface area contributed by atoms with Gasteiger partial charge >= 0.3 is 0 Å². The van der Waals surface area contributed by atoms with Crippen molar-refractivity contribution < 1.29 is 9.18 Å². The molecular weight excluding hydrogens is 333 g/mol. The number of hydrogen-bond acceptors (Lipinski definition) is 2. The number of hydrogen-bond donors (Lipinski definition) is 1. The normalized spacial score (nSPS) is 10.5. The Balaban J connectivity index is 2.31. The zero-order chi connectivity index (χ0) is 14.0. The molecule has 19 heavy (non-hydrogen) atoms. The average molecular weight is 343 g/mol. The topological polar surface area (TPSA) is 43.1 Å². The summed E-state index contributed by atoms with van der Waals surface area (Å²) in [5.74, 6) is -0.736. The Morgan fingerprint density at radius 2 is 2.05 bits per heavy atom. The van der Waals surface area contributed by atoms with E-state index in [1.165, 1.54) is 12.1 Å². The summed E-state index contributed by atoms with van der Waals surface area (Å²) in [4.78, 5) is 12.2. The molecule has 0 aliphatic carbocycles. The molecule has 0 saturated carbocycles. The smallest absolute Gasteiger partial charge is 0.169 e. The minimum Gasteiger partial charge on any atom is -0.398 e. The zero-order valence-electron chi connectivity index (χ0n) is 9.79. The summed E-state index contributed by atoms with van der Waals surface area (Å²) in [5, 5.41) is -0.0237. The van der Waals surface area contributed by atoms with Crippen molar-refractivity contribution in [2.24, 2.45) is 0 Å². The van der Waals surface area contributed by atoms with Gasteiger partial charge in [0.1, 0.15) is 5.82 Å². The van der Waals surface area contributed by atoms with Gasteiger partial charge in [-0.15, -0.1) is 0 Å². The summed E-state index contributed by atoms with van der Waals surface area (Å²) in [6.45, 7) is 0. The Kier molecular flexibility index (Phi) is 4.22. The van der Waals surface area contributed by atoms with E-state index in [0.717, 1.165) is 4.47 Å². The number of ketones is 1. The predicted molar refractivity (Wildman–Crippen MR) is 78.0 cm³/mol. The molecule has 0 bridgehead atoms.